The molecule has 2 heteroatoms. The molecule has 1 aromatic heterocycles. The maximum Gasteiger partial charge on any atom is 0.256 e. The van der Waals surface area contributed by atoms with Crippen molar-refractivity contribution in [2.75, 3.05) is 0 Å². The average Bonchev–Trinajstić information content (AvgIpc) is 3.11. The summed E-state index contributed by atoms with van der Waals surface area (Å²) in [5.74, 6) is 1.60. The highest BCUT2D eigenvalue weighted by Gasteiger charge is 2.16. The number of hydrogen-bond donors (Lipinski definition) is 0. The SMILES string of the molecule is CCCCCCCCCCc1n(CCCCCCCCC)cc[n+]1CCCCC. The van der Waals surface area contributed by atoms with E-state index < -0.39 is 0 Å². The van der Waals surface area contributed by atoms with Crippen LogP contribution in [0.2, 0.25) is 0 Å². The Balaban J connectivity index is 2.36. The molecule has 0 saturated heterocycles. The summed E-state index contributed by atoms with van der Waals surface area (Å²) in [5.41, 5.74) is 0. The summed E-state index contributed by atoms with van der Waals surface area (Å²) in [4.78, 5) is 0. The van der Waals surface area contributed by atoms with Gasteiger partial charge in [-0.05, 0) is 32.1 Å². The molecule has 0 radical (unpaired) electrons. The van der Waals surface area contributed by atoms with E-state index in [9.17, 15) is 0 Å². The van der Waals surface area contributed by atoms with Gasteiger partial charge in [-0.15, -0.1) is 0 Å². The first-order chi connectivity index (χ1) is 14.3. The third-order valence-corrected chi connectivity index (χ3v) is 6.35. The van der Waals surface area contributed by atoms with Gasteiger partial charge in [-0.25, -0.2) is 9.13 Å². The summed E-state index contributed by atoms with van der Waals surface area (Å²) >= 11 is 0. The Kier molecular flexibility index (Phi) is 17.4. The molecule has 0 aliphatic rings. The number of imidazole rings is 1. The van der Waals surface area contributed by atoms with Gasteiger partial charge in [0.2, 0.25) is 0 Å². The van der Waals surface area contributed by atoms with Crippen molar-refractivity contribution in [3.63, 3.8) is 0 Å². The molecule has 1 rings (SSSR count). The minimum absolute atomic E-state index is 1.21. The molecule has 29 heavy (non-hydrogen) atoms. The van der Waals surface area contributed by atoms with Crippen molar-refractivity contribution >= 4 is 0 Å². The molecule has 0 unspecified atom stereocenters. The quantitative estimate of drug-likeness (QED) is 0.143. The zero-order valence-electron chi connectivity index (χ0n) is 20.4. The molecule has 0 aromatic carbocycles. The molecule has 0 amide bonds. The van der Waals surface area contributed by atoms with Crippen LogP contribution in [0.15, 0.2) is 12.4 Å². The van der Waals surface area contributed by atoms with Gasteiger partial charge in [-0.3, -0.25) is 0 Å². The topological polar surface area (TPSA) is 8.81 Å². The lowest BCUT2D eigenvalue weighted by atomic mass is 10.1. The predicted octanol–water partition coefficient (Wildman–Crippen LogP) is 8.40. The van der Waals surface area contributed by atoms with Crippen LogP contribution in [0.4, 0.5) is 0 Å². The lowest BCUT2D eigenvalue weighted by Gasteiger charge is -2.06. The van der Waals surface area contributed by atoms with Crippen LogP contribution in [0.25, 0.3) is 0 Å². The molecule has 2 nitrogen and oxygen atoms in total. The highest BCUT2D eigenvalue weighted by atomic mass is 15.1. The molecule has 1 aromatic rings. The lowest BCUT2D eigenvalue weighted by Crippen LogP contribution is -2.37. The molecule has 0 bridgehead atoms. The van der Waals surface area contributed by atoms with Crippen LogP contribution >= 0.6 is 0 Å². The fourth-order valence-corrected chi connectivity index (χ4v) is 4.38. The van der Waals surface area contributed by atoms with E-state index >= 15 is 0 Å². The summed E-state index contributed by atoms with van der Waals surface area (Å²) in [6.07, 6.45) is 31.1. The van der Waals surface area contributed by atoms with E-state index in [4.69, 9.17) is 0 Å². The molecule has 0 spiro atoms. The average molecular weight is 406 g/mol. The zero-order valence-corrected chi connectivity index (χ0v) is 20.4. The van der Waals surface area contributed by atoms with Crippen LogP contribution in [0.5, 0.6) is 0 Å². The summed E-state index contributed by atoms with van der Waals surface area (Å²) < 4.78 is 5.15. The normalized spacial score (nSPS) is 11.4. The van der Waals surface area contributed by atoms with Crippen LogP contribution < -0.4 is 4.57 Å². The monoisotopic (exact) mass is 405 g/mol. The minimum Gasteiger partial charge on any atom is -0.234 e. The number of unbranched alkanes of at least 4 members (excludes halogenated alkanes) is 15. The molecule has 0 N–H and O–H groups in total. The fraction of sp³-hybridized carbons (Fsp3) is 0.889. The van der Waals surface area contributed by atoms with E-state index in [2.05, 4.69) is 42.3 Å². The van der Waals surface area contributed by atoms with Crippen molar-refractivity contribution in [2.45, 2.75) is 156 Å². The second-order valence-electron chi connectivity index (χ2n) is 9.15. The van der Waals surface area contributed by atoms with E-state index in [0.29, 0.717) is 0 Å². The highest BCUT2D eigenvalue weighted by molar-refractivity contribution is 4.84. The summed E-state index contributed by atoms with van der Waals surface area (Å²) in [7, 11) is 0. The molecule has 170 valence electrons. The van der Waals surface area contributed by atoms with Crippen LogP contribution in [0.1, 0.15) is 142 Å². The molecular formula is C27H53N2+. The number of aryl methyl sites for hydroxylation is 2. The third-order valence-electron chi connectivity index (χ3n) is 6.35. The van der Waals surface area contributed by atoms with Gasteiger partial charge in [-0.1, -0.05) is 104 Å². The van der Waals surface area contributed by atoms with Gasteiger partial charge in [0.25, 0.3) is 5.82 Å². The van der Waals surface area contributed by atoms with E-state index in [1.54, 1.807) is 5.82 Å². The van der Waals surface area contributed by atoms with Crippen LogP contribution in [0, 0.1) is 0 Å². The largest absolute Gasteiger partial charge is 0.256 e. The number of hydrogen-bond acceptors (Lipinski definition) is 0. The Hall–Kier alpha value is -0.790. The van der Waals surface area contributed by atoms with E-state index in [0.717, 1.165) is 0 Å². The van der Waals surface area contributed by atoms with Crippen LogP contribution in [0.3, 0.4) is 0 Å². The zero-order chi connectivity index (χ0) is 21.0. The van der Waals surface area contributed by atoms with E-state index in [1.807, 2.05) is 0 Å². The summed E-state index contributed by atoms with van der Waals surface area (Å²) in [6.45, 7) is 9.34. The Morgan fingerprint density at radius 2 is 1.07 bits per heavy atom. The van der Waals surface area contributed by atoms with E-state index in [-0.39, 0.29) is 0 Å². The Morgan fingerprint density at radius 3 is 1.66 bits per heavy atom. The van der Waals surface area contributed by atoms with Crippen LogP contribution in [-0.2, 0) is 19.5 Å². The van der Waals surface area contributed by atoms with Gasteiger partial charge in [0.05, 0.1) is 13.1 Å². The smallest absolute Gasteiger partial charge is 0.234 e. The van der Waals surface area contributed by atoms with Crippen molar-refractivity contribution in [1.29, 1.82) is 0 Å². The van der Waals surface area contributed by atoms with Crippen LogP contribution in [-0.4, -0.2) is 4.57 Å². The fourth-order valence-electron chi connectivity index (χ4n) is 4.38. The van der Waals surface area contributed by atoms with Gasteiger partial charge >= 0.3 is 0 Å². The Labute approximate surface area is 183 Å². The van der Waals surface area contributed by atoms with E-state index in [1.165, 1.54) is 135 Å². The van der Waals surface area contributed by atoms with Gasteiger partial charge in [-0.2, -0.15) is 0 Å². The second-order valence-corrected chi connectivity index (χ2v) is 9.15. The Morgan fingerprint density at radius 1 is 0.586 bits per heavy atom. The predicted molar refractivity (Wildman–Crippen MR) is 128 cm³/mol. The third kappa shape index (κ3) is 13.2. The molecule has 1 heterocycles. The van der Waals surface area contributed by atoms with Crippen molar-refractivity contribution in [3.05, 3.63) is 18.2 Å². The summed E-state index contributed by atoms with van der Waals surface area (Å²) in [5, 5.41) is 0. The van der Waals surface area contributed by atoms with Crippen molar-refractivity contribution < 1.29 is 4.57 Å². The molecule has 0 aliphatic carbocycles. The molecule has 0 atom stereocenters. The lowest BCUT2D eigenvalue weighted by molar-refractivity contribution is -0.704. The maximum atomic E-state index is 2.58. The highest BCUT2D eigenvalue weighted by Crippen LogP contribution is 2.12. The minimum atomic E-state index is 1.21. The summed E-state index contributed by atoms with van der Waals surface area (Å²) in [6, 6.07) is 0. The van der Waals surface area contributed by atoms with Crippen molar-refractivity contribution in [3.8, 4) is 0 Å². The van der Waals surface area contributed by atoms with Gasteiger partial charge < -0.3 is 0 Å². The number of rotatable bonds is 21. The number of aromatic nitrogens is 2. The van der Waals surface area contributed by atoms with Gasteiger partial charge in [0, 0.05) is 6.42 Å². The standard InChI is InChI=1S/C27H53N2/c1-4-7-10-12-14-15-17-19-22-27-28(23-20-9-6-3)25-26-29(27)24-21-18-16-13-11-8-5-2/h25-26H,4-24H2,1-3H3/q+1. The Bertz CT molecular complexity index is 463. The second kappa shape index (κ2) is 19.2. The first-order valence-electron chi connectivity index (χ1n) is 13.4. The molecule has 0 saturated carbocycles. The maximum absolute atomic E-state index is 2.58. The first kappa shape index (κ1) is 26.2. The number of nitrogens with zero attached hydrogens (tertiary/aromatic N) is 2. The molecule has 0 aliphatic heterocycles. The van der Waals surface area contributed by atoms with Gasteiger partial charge in [0.1, 0.15) is 12.4 Å². The first-order valence-corrected chi connectivity index (χ1v) is 13.4. The van der Waals surface area contributed by atoms with Crippen molar-refractivity contribution in [1.82, 2.24) is 4.57 Å². The van der Waals surface area contributed by atoms with Gasteiger partial charge in [0.15, 0.2) is 0 Å². The van der Waals surface area contributed by atoms with Crippen molar-refractivity contribution in [2.24, 2.45) is 0 Å². The molecular weight excluding hydrogens is 352 g/mol. The molecule has 0 fully saturated rings.